The summed E-state index contributed by atoms with van der Waals surface area (Å²) in [7, 11) is 1.26. The zero-order valence-electron chi connectivity index (χ0n) is 17.2. The lowest BCUT2D eigenvalue weighted by atomic mass is 10.1. The van der Waals surface area contributed by atoms with E-state index in [1.54, 1.807) is 6.07 Å². The largest absolute Gasteiger partial charge is 0.468 e. The number of nitrogens with zero attached hydrogens (tertiary/aromatic N) is 1. The predicted molar refractivity (Wildman–Crippen MR) is 117 cm³/mol. The van der Waals surface area contributed by atoms with Crippen LogP contribution in [0.4, 0.5) is 10.5 Å². The standard InChI is InChI=1S/C24H24N2O5/c1-30-22(27)16-26-20(13-12-18-8-4-2-5-9-18)14-15-21(23(26)28)25-24(29)31-17-19-10-6-3-7-11-19/h2-11,14-15H,12-13,16-17H2,1H3,(H,25,29). The zero-order chi connectivity index (χ0) is 22.1. The predicted octanol–water partition coefficient (Wildman–Crippen LogP) is 3.56. The lowest BCUT2D eigenvalue weighted by molar-refractivity contribution is -0.141. The van der Waals surface area contributed by atoms with Crippen LogP contribution in [0.15, 0.2) is 77.6 Å². The molecule has 1 heterocycles. The molecular weight excluding hydrogens is 396 g/mol. The molecule has 0 aliphatic carbocycles. The van der Waals surface area contributed by atoms with E-state index in [2.05, 4.69) is 5.32 Å². The van der Waals surface area contributed by atoms with Crippen LogP contribution >= 0.6 is 0 Å². The minimum Gasteiger partial charge on any atom is -0.468 e. The van der Waals surface area contributed by atoms with E-state index in [1.165, 1.54) is 17.7 Å². The molecule has 0 radical (unpaired) electrons. The number of esters is 1. The third-order valence-corrected chi connectivity index (χ3v) is 4.74. The summed E-state index contributed by atoms with van der Waals surface area (Å²) >= 11 is 0. The van der Waals surface area contributed by atoms with E-state index < -0.39 is 17.6 Å². The molecule has 1 amide bonds. The van der Waals surface area contributed by atoms with Crippen molar-refractivity contribution in [1.29, 1.82) is 0 Å². The first kappa shape index (κ1) is 21.8. The average molecular weight is 420 g/mol. The van der Waals surface area contributed by atoms with Crippen LogP contribution in [0.1, 0.15) is 16.8 Å². The number of methoxy groups -OCH3 is 1. The summed E-state index contributed by atoms with van der Waals surface area (Å²) in [5.41, 5.74) is 2.16. The maximum absolute atomic E-state index is 12.9. The third kappa shape index (κ3) is 6.30. The molecule has 1 N–H and O–H groups in total. The number of hydrogen-bond acceptors (Lipinski definition) is 5. The first-order chi connectivity index (χ1) is 15.1. The lowest BCUT2D eigenvalue weighted by Crippen LogP contribution is -2.31. The van der Waals surface area contributed by atoms with Crippen LogP contribution in [0.5, 0.6) is 0 Å². The molecule has 3 aromatic rings. The van der Waals surface area contributed by atoms with Gasteiger partial charge in [-0.25, -0.2) is 4.79 Å². The van der Waals surface area contributed by atoms with Gasteiger partial charge in [0.05, 0.1) is 7.11 Å². The van der Waals surface area contributed by atoms with Crippen molar-refractivity contribution in [3.05, 3.63) is 100.0 Å². The fourth-order valence-corrected chi connectivity index (χ4v) is 3.08. The topological polar surface area (TPSA) is 86.6 Å². The van der Waals surface area contributed by atoms with Crippen molar-refractivity contribution in [2.75, 3.05) is 12.4 Å². The minimum atomic E-state index is -0.748. The number of ether oxygens (including phenoxy) is 2. The van der Waals surface area contributed by atoms with Gasteiger partial charge in [-0.15, -0.1) is 0 Å². The van der Waals surface area contributed by atoms with Crippen molar-refractivity contribution in [3.8, 4) is 0 Å². The summed E-state index contributed by atoms with van der Waals surface area (Å²) in [5, 5.41) is 2.47. The molecular formula is C24H24N2O5. The molecule has 0 aliphatic heterocycles. The van der Waals surface area contributed by atoms with Crippen LogP contribution in [0.25, 0.3) is 0 Å². The van der Waals surface area contributed by atoms with Crippen LogP contribution in [0.2, 0.25) is 0 Å². The van der Waals surface area contributed by atoms with E-state index in [9.17, 15) is 14.4 Å². The van der Waals surface area contributed by atoms with Crippen molar-refractivity contribution in [2.24, 2.45) is 0 Å². The molecule has 0 unspecified atom stereocenters. The van der Waals surface area contributed by atoms with E-state index in [0.717, 1.165) is 11.1 Å². The molecule has 0 bridgehead atoms. The summed E-state index contributed by atoms with van der Waals surface area (Å²) in [4.78, 5) is 37.0. The van der Waals surface area contributed by atoms with Gasteiger partial charge in [0.1, 0.15) is 18.8 Å². The molecule has 0 spiro atoms. The van der Waals surface area contributed by atoms with Gasteiger partial charge in [0.25, 0.3) is 5.56 Å². The molecule has 2 aromatic carbocycles. The van der Waals surface area contributed by atoms with E-state index in [0.29, 0.717) is 18.5 Å². The Hall–Kier alpha value is -3.87. The number of rotatable bonds is 8. The third-order valence-electron chi connectivity index (χ3n) is 4.74. The Kier molecular flexibility index (Phi) is 7.59. The van der Waals surface area contributed by atoms with Crippen LogP contribution in [-0.2, 0) is 40.3 Å². The highest BCUT2D eigenvalue weighted by atomic mass is 16.5. The molecule has 3 rings (SSSR count). The van der Waals surface area contributed by atoms with Gasteiger partial charge in [-0.1, -0.05) is 60.7 Å². The number of aryl methyl sites for hydroxylation is 2. The van der Waals surface area contributed by atoms with Crippen LogP contribution in [-0.4, -0.2) is 23.7 Å². The molecule has 7 nitrogen and oxygen atoms in total. The van der Waals surface area contributed by atoms with Crippen molar-refractivity contribution in [1.82, 2.24) is 4.57 Å². The van der Waals surface area contributed by atoms with Gasteiger partial charge in [0, 0.05) is 5.69 Å². The van der Waals surface area contributed by atoms with Crippen LogP contribution in [0.3, 0.4) is 0 Å². The Labute approximate surface area is 180 Å². The molecule has 0 saturated carbocycles. The smallest absolute Gasteiger partial charge is 0.412 e. The van der Waals surface area contributed by atoms with E-state index in [-0.39, 0.29) is 18.8 Å². The Morgan fingerprint density at radius 1 is 0.871 bits per heavy atom. The van der Waals surface area contributed by atoms with Gasteiger partial charge in [0.15, 0.2) is 0 Å². The summed E-state index contributed by atoms with van der Waals surface area (Å²) in [5.74, 6) is -0.549. The quantitative estimate of drug-likeness (QED) is 0.563. The average Bonchev–Trinajstić information content (AvgIpc) is 2.81. The highest BCUT2D eigenvalue weighted by Crippen LogP contribution is 2.11. The molecule has 0 saturated heterocycles. The van der Waals surface area contributed by atoms with Crippen LogP contribution in [0, 0.1) is 0 Å². The van der Waals surface area contributed by atoms with Gasteiger partial charge in [-0.05, 0) is 36.1 Å². The first-order valence-corrected chi connectivity index (χ1v) is 9.88. The maximum Gasteiger partial charge on any atom is 0.412 e. The van der Waals surface area contributed by atoms with Crippen molar-refractivity contribution in [3.63, 3.8) is 0 Å². The van der Waals surface area contributed by atoms with Crippen molar-refractivity contribution in [2.45, 2.75) is 26.0 Å². The van der Waals surface area contributed by atoms with Gasteiger partial charge in [-0.3, -0.25) is 19.5 Å². The number of benzene rings is 2. The Balaban J connectivity index is 1.74. The Morgan fingerprint density at radius 2 is 1.52 bits per heavy atom. The molecule has 0 fully saturated rings. The van der Waals surface area contributed by atoms with Crippen LogP contribution < -0.4 is 10.9 Å². The number of aromatic nitrogens is 1. The van der Waals surface area contributed by atoms with Gasteiger partial charge in [0.2, 0.25) is 0 Å². The molecule has 1 aromatic heterocycles. The maximum atomic E-state index is 12.9. The number of amides is 1. The van der Waals surface area contributed by atoms with Crippen molar-refractivity contribution >= 4 is 17.7 Å². The van der Waals surface area contributed by atoms with Gasteiger partial charge < -0.3 is 9.47 Å². The second kappa shape index (κ2) is 10.8. The second-order valence-corrected chi connectivity index (χ2v) is 6.88. The first-order valence-electron chi connectivity index (χ1n) is 9.88. The highest BCUT2D eigenvalue weighted by molar-refractivity contribution is 5.84. The minimum absolute atomic E-state index is 0.0328. The Bertz CT molecular complexity index is 1080. The zero-order valence-corrected chi connectivity index (χ0v) is 17.2. The monoisotopic (exact) mass is 420 g/mol. The second-order valence-electron chi connectivity index (χ2n) is 6.88. The van der Waals surface area contributed by atoms with E-state index in [4.69, 9.17) is 9.47 Å². The van der Waals surface area contributed by atoms with E-state index >= 15 is 0 Å². The number of nitrogens with one attached hydrogen (secondary N) is 1. The Morgan fingerprint density at radius 3 is 2.16 bits per heavy atom. The molecule has 0 aliphatic rings. The molecule has 0 atom stereocenters. The van der Waals surface area contributed by atoms with E-state index in [1.807, 2.05) is 60.7 Å². The summed E-state index contributed by atoms with van der Waals surface area (Å²) in [6.07, 6.45) is 0.505. The molecule has 31 heavy (non-hydrogen) atoms. The van der Waals surface area contributed by atoms with Gasteiger partial charge >= 0.3 is 12.1 Å². The van der Waals surface area contributed by atoms with Gasteiger partial charge in [-0.2, -0.15) is 0 Å². The number of pyridine rings is 1. The SMILES string of the molecule is COC(=O)Cn1c(CCc2ccccc2)ccc(NC(=O)OCc2ccccc2)c1=O. The summed E-state index contributed by atoms with van der Waals surface area (Å²) in [6.45, 7) is -0.160. The normalized spacial score (nSPS) is 10.4. The summed E-state index contributed by atoms with van der Waals surface area (Å²) in [6, 6.07) is 22.3. The fraction of sp³-hybridized carbons (Fsp3) is 0.208. The fourth-order valence-electron chi connectivity index (χ4n) is 3.08. The summed E-state index contributed by atoms with van der Waals surface area (Å²) < 4.78 is 11.2. The number of carbonyl (C=O) groups is 2. The number of anilines is 1. The molecule has 7 heteroatoms. The number of hydrogen-bond donors (Lipinski definition) is 1. The van der Waals surface area contributed by atoms with Crippen molar-refractivity contribution < 1.29 is 19.1 Å². The lowest BCUT2D eigenvalue weighted by Gasteiger charge is -2.14. The highest BCUT2D eigenvalue weighted by Gasteiger charge is 2.15. The molecule has 160 valence electrons. The number of carbonyl (C=O) groups excluding carboxylic acids is 2.